The van der Waals surface area contributed by atoms with Crippen LogP contribution >= 0.6 is 0 Å². The Hall–Kier alpha value is -3.08. The van der Waals surface area contributed by atoms with Crippen LogP contribution in [0.2, 0.25) is 0 Å². The van der Waals surface area contributed by atoms with Crippen LogP contribution in [0.1, 0.15) is 15.9 Å². The molecule has 0 radical (unpaired) electrons. The zero-order chi connectivity index (χ0) is 17.4. The second-order valence-electron chi connectivity index (χ2n) is 6.46. The Morgan fingerprint density at radius 2 is 1.80 bits per heavy atom. The van der Waals surface area contributed by atoms with Crippen molar-refractivity contribution in [2.75, 3.05) is 18.4 Å². The lowest BCUT2D eigenvalue weighted by atomic mass is 9.97. The van der Waals surface area contributed by atoms with Crippen molar-refractivity contribution in [3.05, 3.63) is 65.9 Å². The van der Waals surface area contributed by atoms with E-state index in [2.05, 4.69) is 10.3 Å². The molecule has 126 valence electrons. The maximum absolute atomic E-state index is 12.7. The number of para-hydroxylation sites is 2. The first-order chi connectivity index (χ1) is 12.1. The van der Waals surface area contributed by atoms with Crippen molar-refractivity contribution in [1.82, 2.24) is 9.88 Å². The van der Waals surface area contributed by atoms with Gasteiger partial charge < -0.3 is 15.2 Å². The zero-order valence-electron chi connectivity index (χ0n) is 14.0. The summed E-state index contributed by atoms with van der Waals surface area (Å²) in [7, 11) is 0. The number of aryl methyl sites for hydroxylation is 1. The summed E-state index contributed by atoms with van der Waals surface area (Å²) < 4.78 is 0. The van der Waals surface area contributed by atoms with Crippen molar-refractivity contribution in [2.24, 2.45) is 5.92 Å². The predicted octanol–water partition coefficient (Wildman–Crippen LogP) is 3.19. The number of aromatic amines is 1. The molecular formula is C20H19N3O2. The number of anilines is 1. The average Bonchev–Trinajstić information content (AvgIpc) is 2.99. The normalized spacial score (nSPS) is 14.4. The van der Waals surface area contributed by atoms with Crippen LogP contribution in [-0.4, -0.2) is 34.8 Å². The Bertz CT molecular complexity index is 954. The van der Waals surface area contributed by atoms with Gasteiger partial charge in [0.05, 0.1) is 11.5 Å². The Kier molecular flexibility index (Phi) is 3.76. The molecule has 0 bridgehead atoms. The first-order valence-corrected chi connectivity index (χ1v) is 8.35. The summed E-state index contributed by atoms with van der Waals surface area (Å²) in [5.74, 6) is -0.219. The van der Waals surface area contributed by atoms with E-state index in [0.717, 1.165) is 22.2 Å². The summed E-state index contributed by atoms with van der Waals surface area (Å²) in [4.78, 5) is 29.9. The molecule has 1 saturated heterocycles. The van der Waals surface area contributed by atoms with E-state index < -0.39 is 0 Å². The number of nitrogens with one attached hydrogen (secondary N) is 2. The molecule has 0 unspecified atom stereocenters. The molecule has 0 saturated carbocycles. The zero-order valence-corrected chi connectivity index (χ0v) is 14.0. The smallest absolute Gasteiger partial charge is 0.256 e. The largest absolute Gasteiger partial charge is 0.360 e. The van der Waals surface area contributed by atoms with Gasteiger partial charge >= 0.3 is 0 Å². The highest BCUT2D eigenvalue weighted by Gasteiger charge is 2.36. The van der Waals surface area contributed by atoms with Gasteiger partial charge in [-0.25, -0.2) is 0 Å². The van der Waals surface area contributed by atoms with Crippen LogP contribution in [-0.2, 0) is 4.79 Å². The van der Waals surface area contributed by atoms with Gasteiger partial charge in [0.2, 0.25) is 5.91 Å². The SMILES string of the molecule is Cc1ccccc1NC(=O)C1CN(C(=O)c2c[nH]c3ccccc23)C1. The van der Waals surface area contributed by atoms with E-state index >= 15 is 0 Å². The van der Waals surface area contributed by atoms with Crippen LogP contribution in [0.25, 0.3) is 10.9 Å². The van der Waals surface area contributed by atoms with Crippen molar-refractivity contribution < 1.29 is 9.59 Å². The number of H-pyrrole nitrogens is 1. The van der Waals surface area contributed by atoms with Gasteiger partial charge in [-0.15, -0.1) is 0 Å². The number of benzene rings is 2. The van der Waals surface area contributed by atoms with E-state index in [0.29, 0.717) is 18.7 Å². The summed E-state index contributed by atoms with van der Waals surface area (Å²) in [6, 6.07) is 15.4. The predicted molar refractivity (Wildman–Crippen MR) is 97.5 cm³/mol. The number of likely N-dealkylation sites (tertiary alicyclic amines) is 1. The molecule has 1 aliphatic rings. The Balaban J connectivity index is 1.41. The third-order valence-electron chi connectivity index (χ3n) is 4.76. The maximum Gasteiger partial charge on any atom is 0.256 e. The first kappa shape index (κ1) is 15.4. The van der Waals surface area contributed by atoms with Crippen LogP contribution in [0, 0.1) is 12.8 Å². The highest BCUT2D eigenvalue weighted by molar-refractivity contribution is 6.07. The minimum Gasteiger partial charge on any atom is -0.360 e. The molecule has 3 aromatic rings. The van der Waals surface area contributed by atoms with Crippen molar-refractivity contribution >= 4 is 28.4 Å². The Labute approximate surface area is 145 Å². The highest BCUT2D eigenvalue weighted by Crippen LogP contribution is 2.25. The molecule has 0 aliphatic carbocycles. The van der Waals surface area contributed by atoms with Gasteiger partial charge in [-0.05, 0) is 24.6 Å². The summed E-state index contributed by atoms with van der Waals surface area (Å²) in [5.41, 5.74) is 3.46. The standard InChI is InChI=1S/C20H19N3O2/c1-13-6-2-4-8-17(13)22-19(24)14-11-23(12-14)20(25)16-10-21-18-9-5-3-7-15(16)18/h2-10,14,21H,11-12H2,1H3,(H,22,24). The highest BCUT2D eigenvalue weighted by atomic mass is 16.2. The second-order valence-corrected chi connectivity index (χ2v) is 6.46. The first-order valence-electron chi connectivity index (χ1n) is 8.35. The van der Waals surface area contributed by atoms with Gasteiger partial charge in [0.25, 0.3) is 5.91 Å². The third-order valence-corrected chi connectivity index (χ3v) is 4.76. The quantitative estimate of drug-likeness (QED) is 0.773. The number of fused-ring (bicyclic) bond motifs is 1. The lowest BCUT2D eigenvalue weighted by Gasteiger charge is -2.38. The number of carbonyl (C=O) groups is 2. The lowest BCUT2D eigenvalue weighted by Crippen LogP contribution is -2.54. The molecule has 2 amide bonds. The molecular weight excluding hydrogens is 314 g/mol. The van der Waals surface area contributed by atoms with Crippen molar-refractivity contribution in [2.45, 2.75) is 6.92 Å². The summed E-state index contributed by atoms with van der Waals surface area (Å²) in [6.45, 7) is 2.87. The fraction of sp³-hybridized carbons (Fsp3) is 0.200. The number of carbonyl (C=O) groups excluding carboxylic acids is 2. The van der Waals surface area contributed by atoms with E-state index in [-0.39, 0.29) is 17.7 Å². The molecule has 0 spiro atoms. The Morgan fingerprint density at radius 1 is 1.08 bits per heavy atom. The number of hydrogen-bond acceptors (Lipinski definition) is 2. The molecule has 2 heterocycles. The molecule has 0 atom stereocenters. The van der Waals surface area contributed by atoms with E-state index in [1.807, 2.05) is 55.5 Å². The number of rotatable bonds is 3. The second kappa shape index (κ2) is 6.09. The number of nitrogens with zero attached hydrogens (tertiary/aromatic N) is 1. The Morgan fingerprint density at radius 3 is 2.60 bits per heavy atom. The van der Waals surface area contributed by atoms with E-state index in [1.54, 1.807) is 11.1 Å². The minimum atomic E-state index is -0.159. The summed E-state index contributed by atoms with van der Waals surface area (Å²) in [6.07, 6.45) is 1.74. The molecule has 2 N–H and O–H groups in total. The van der Waals surface area contributed by atoms with Gasteiger partial charge in [-0.3, -0.25) is 9.59 Å². The molecule has 25 heavy (non-hydrogen) atoms. The lowest BCUT2D eigenvalue weighted by molar-refractivity contribution is -0.123. The monoisotopic (exact) mass is 333 g/mol. The minimum absolute atomic E-state index is 0.0302. The number of aromatic nitrogens is 1. The maximum atomic E-state index is 12.7. The average molecular weight is 333 g/mol. The topological polar surface area (TPSA) is 65.2 Å². The fourth-order valence-electron chi connectivity index (χ4n) is 3.18. The van der Waals surface area contributed by atoms with Crippen molar-refractivity contribution in [3.63, 3.8) is 0 Å². The van der Waals surface area contributed by atoms with E-state index in [4.69, 9.17) is 0 Å². The third kappa shape index (κ3) is 2.78. The van der Waals surface area contributed by atoms with Crippen molar-refractivity contribution in [3.8, 4) is 0 Å². The van der Waals surface area contributed by atoms with E-state index in [9.17, 15) is 9.59 Å². The molecule has 5 nitrogen and oxygen atoms in total. The van der Waals surface area contributed by atoms with Crippen molar-refractivity contribution in [1.29, 1.82) is 0 Å². The molecule has 5 heteroatoms. The van der Waals surface area contributed by atoms with Crippen LogP contribution in [0.15, 0.2) is 54.7 Å². The molecule has 2 aromatic carbocycles. The molecule has 4 rings (SSSR count). The van der Waals surface area contributed by atoms with Gasteiger partial charge in [0, 0.05) is 35.9 Å². The van der Waals surface area contributed by atoms with Gasteiger partial charge in [0.1, 0.15) is 0 Å². The van der Waals surface area contributed by atoms with E-state index in [1.165, 1.54) is 0 Å². The molecule has 1 aliphatic heterocycles. The van der Waals surface area contributed by atoms with Crippen LogP contribution in [0.5, 0.6) is 0 Å². The van der Waals surface area contributed by atoms with Crippen LogP contribution in [0.3, 0.4) is 0 Å². The fourth-order valence-corrected chi connectivity index (χ4v) is 3.18. The molecule has 1 fully saturated rings. The van der Waals surface area contributed by atoms with Crippen LogP contribution in [0.4, 0.5) is 5.69 Å². The summed E-state index contributed by atoms with van der Waals surface area (Å²) >= 11 is 0. The van der Waals surface area contributed by atoms with Crippen LogP contribution < -0.4 is 5.32 Å². The van der Waals surface area contributed by atoms with Gasteiger partial charge in [-0.2, -0.15) is 0 Å². The molecule has 1 aromatic heterocycles. The number of hydrogen-bond donors (Lipinski definition) is 2. The summed E-state index contributed by atoms with van der Waals surface area (Å²) in [5, 5.41) is 3.87. The number of amides is 2. The van der Waals surface area contributed by atoms with Gasteiger partial charge in [-0.1, -0.05) is 36.4 Å². The van der Waals surface area contributed by atoms with Gasteiger partial charge in [0.15, 0.2) is 0 Å².